The Balaban J connectivity index is 1.63. The molecule has 0 saturated carbocycles. The molecule has 0 radical (unpaired) electrons. The van der Waals surface area contributed by atoms with Crippen molar-refractivity contribution in [1.82, 2.24) is 39.5 Å². The van der Waals surface area contributed by atoms with Crippen molar-refractivity contribution in [3.63, 3.8) is 0 Å². The Bertz CT molecular complexity index is 1150. The van der Waals surface area contributed by atoms with E-state index in [0.717, 1.165) is 19.3 Å². The first kappa shape index (κ1) is 33.0. The van der Waals surface area contributed by atoms with Crippen molar-refractivity contribution in [3.05, 3.63) is 21.9 Å². The van der Waals surface area contributed by atoms with Crippen LogP contribution in [0.5, 0.6) is 11.8 Å². The van der Waals surface area contributed by atoms with Crippen LogP contribution in [0.15, 0.2) is 12.4 Å². The van der Waals surface area contributed by atoms with Crippen molar-refractivity contribution >= 4 is 59.1 Å². The summed E-state index contributed by atoms with van der Waals surface area (Å²) in [6, 6.07) is 0. The van der Waals surface area contributed by atoms with E-state index in [-0.39, 0.29) is 22.8 Å². The molecule has 220 valence electrons. The Labute approximate surface area is 252 Å². The van der Waals surface area contributed by atoms with E-state index in [2.05, 4.69) is 21.3 Å². The van der Waals surface area contributed by atoms with Gasteiger partial charge in [-0.1, -0.05) is 0 Å². The highest BCUT2D eigenvalue weighted by Crippen LogP contribution is 2.28. The van der Waals surface area contributed by atoms with Crippen LogP contribution in [0.1, 0.15) is 60.8 Å². The molecular weight excluding hydrogens is 573 g/mol. The van der Waals surface area contributed by atoms with E-state index >= 15 is 0 Å². The first-order valence-corrected chi connectivity index (χ1v) is 14.9. The molecule has 0 amide bonds. The normalized spacial score (nSPS) is 11.8. The Hall–Kier alpha value is -2.16. The van der Waals surface area contributed by atoms with Gasteiger partial charge in [0.2, 0.25) is 11.8 Å². The monoisotopic (exact) mass is 616 g/mol. The number of rotatable bonds is 14. The summed E-state index contributed by atoms with van der Waals surface area (Å²) >= 11 is 21.8. The van der Waals surface area contributed by atoms with E-state index in [1.807, 2.05) is 50.7 Å². The van der Waals surface area contributed by atoms with Crippen LogP contribution >= 0.6 is 48.9 Å². The van der Waals surface area contributed by atoms with Gasteiger partial charge >= 0.3 is 0 Å². The van der Waals surface area contributed by atoms with Crippen LogP contribution in [0.3, 0.4) is 0 Å². The zero-order valence-electron chi connectivity index (χ0n) is 23.8. The number of imidazole rings is 2. The zero-order valence-corrected chi connectivity index (χ0v) is 27.1. The highest BCUT2D eigenvalue weighted by molar-refractivity contribution is 7.80. The fourth-order valence-electron chi connectivity index (χ4n) is 4.35. The van der Waals surface area contributed by atoms with E-state index in [1.54, 1.807) is 21.5 Å². The predicted molar refractivity (Wildman–Crippen MR) is 171 cm³/mol. The van der Waals surface area contributed by atoms with Crippen LogP contribution < -0.4 is 21.3 Å². The van der Waals surface area contributed by atoms with Crippen molar-refractivity contribution in [1.29, 1.82) is 0 Å². The maximum Gasteiger partial charge on any atom is 0.210 e. The zero-order chi connectivity index (χ0) is 29.4. The molecule has 0 bridgehead atoms. The van der Waals surface area contributed by atoms with Crippen molar-refractivity contribution in [2.75, 3.05) is 26.2 Å². The Morgan fingerprint density at radius 2 is 1.03 bits per heavy atom. The Kier molecular flexibility index (Phi) is 12.3. The molecule has 2 rings (SSSR count). The molecule has 0 aliphatic heterocycles. The molecule has 10 nitrogen and oxygen atoms in total. The van der Waals surface area contributed by atoms with Gasteiger partial charge in [0, 0.05) is 50.3 Å². The van der Waals surface area contributed by atoms with Gasteiger partial charge in [-0.15, -0.1) is 0 Å². The summed E-state index contributed by atoms with van der Waals surface area (Å²) in [5, 5.41) is 34.7. The predicted octanol–water partition coefficient (Wildman–Crippen LogP) is 4.07. The lowest BCUT2D eigenvalue weighted by Crippen LogP contribution is -2.41. The van der Waals surface area contributed by atoms with Gasteiger partial charge in [0.25, 0.3) is 0 Å². The van der Waals surface area contributed by atoms with Crippen molar-refractivity contribution < 1.29 is 10.2 Å². The third-order valence-corrected chi connectivity index (χ3v) is 8.15. The standard InChI is InChI=1S/C25H44N8O2S4/c1-7-30-16-18(34)32(22(30)38)24(3,4)10-14-28-20(36)26-12-9-13-27-21(37)29-15-11-25(5,6)33-19(35)17-31(8-2)23(33)39/h16-17,34-35H,7-15H2,1-6H3,(H2,26,28,36)(H2,27,29,37). The van der Waals surface area contributed by atoms with Crippen molar-refractivity contribution in [3.8, 4) is 11.8 Å². The number of aryl methyl sites for hydroxylation is 2. The lowest BCUT2D eigenvalue weighted by molar-refractivity contribution is 0.280. The maximum atomic E-state index is 10.3. The molecular formula is C25H44N8O2S4. The van der Waals surface area contributed by atoms with Crippen LogP contribution in [0.25, 0.3) is 0 Å². The molecule has 0 aliphatic rings. The maximum absolute atomic E-state index is 10.3. The van der Waals surface area contributed by atoms with Crippen LogP contribution in [-0.2, 0) is 24.2 Å². The first-order chi connectivity index (χ1) is 18.2. The van der Waals surface area contributed by atoms with E-state index in [4.69, 9.17) is 48.9 Å². The minimum absolute atomic E-state index is 0.173. The largest absolute Gasteiger partial charge is 0.493 e. The van der Waals surface area contributed by atoms with Gasteiger partial charge < -0.3 is 40.6 Å². The highest BCUT2D eigenvalue weighted by atomic mass is 32.1. The Morgan fingerprint density at radius 3 is 1.33 bits per heavy atom. The SMILES string of the molecule is CCn1cc(O)n(C(C)(C)CCNC(=S)NCCCNC(=S)NCCC(C)(C)n2c(O)cn(CC)c2=S)c1=S. The first-order valence-electron chi connectivity index (χ1n) is 13.3. The fraction of sp³-hybridized carbons (Fsp3) is 0.680. The second-order valence-electron chi connectivity index (χ2n) is 10.6. The number of aromatic hydroxyl groups is 2. The van der Waals surface area contributed by atoms with Gasteiger partial charge in [0.15, 0.2) is 19.8 Å². The number of hydrogen-bond donors (Lipinski definition) is 6. The summed E-state index contributed by atoms with van der Waals surface area (Å²) < 4.78 is 8.51. The molecule has 0 saturated heterocycles. The minimum Gasteiger partial charge on any atom is -0.493 e. The molecule has 2 aromatic heterocycles. The van der Waals surface area contributed by atoms with Gasteiger partial charge in [0.1, 0.15) is 0 Å². The Morgan fingerprint density at radius 1 is 0.692 bits per heavy atom. The molecule has 39 heavy (non-hydrogen) atoms. The fourth-order valence-corrected chi connectivity index (χ4v) is 5.81. The summed E-state index contributed by atoms with van der Waals surface area (Å²) in [7, 11) is 0. The molecule has 0 aromatic carbocycles. The molecule has 0 unspecified atom stereocenters. The lowest BCUT2D eigenvalue weighted by Gasteiger charge is -2.27. The van der Waals surface area contributed by atoms with Crippen LogP contribution in [0, 0.1) is 9.54 Å². The van der Waals surface area contributed by atoms with Gasteiger partial charge in [-0.05, 0) is 110 Å². The molecule has 0 fully saturated rings. The van der Waals surface area contributed by atoms with Gasteiger partial charge in [-0.2, -0.15) is 0 Å². The number of thiocarbonyl (C=S) groups is 2. The number of aromatic nitrogens is 4. The van der Waals surface area contributed by atoms with E-state index in [9.17, 15) is 10.2 Å². The van der Waals surface area contributed by atoms with E-state index < -0.39 is 0 Å². The minimum atomic E-state index is -0.362. The average molecular weight is 617 g/mol. The second kappa shape index (κ2) is 14.5. The molecule has 0 spiro atoms. The highest BCUT2D eigenvalue weighted by Gasteiger charge is 2.26. The second-order valence-corrected chi connectivity index (χ2v) is 12.2. The van der Waals surface area contributed by atoms with Gasteiger partial charge in [-0.3, -0.25) is 9.13 Å². The van der Waals surface area contributed by atoms with Crippen LogP contribution in [-0.4, -0.2) is 64.9 Å². The number of nitrogens with one attached hydrogen (secondary N) is 4. The summed E-state index contributed by atoms with van der Waals surface area (Å²) in [5.74, 6) is 0.346. The summed E-state index contributed by atoms with van der Waals surface area (Å²) in [6.07, 6.45) is 5.65. The van der Waals surface area contributed by atoms with Crippen molar-refractivity contribution in [2.45, 2.75) is 85.0 Å². The topological polar surface area (TPSA) is 108 Å². The quantitative estimate of drug-likeness (QED) is 0.137. The lowest BCUT2D eigenvalue weighted by atomic mass is 10.0. The molecule has 14 heteroatoms. The number of nitrogens with zero attached hydrogens (tertiary/aromatic N) is 4. The molecule has 6 N–H and O–H groups in total. The third-order valence-electron chi connectivity index (χ3n) is 6.74. The summed E-state index contributed by atoms with van der Waals surface area (Å²) in [5.41, 5.74) is -0.724. The van der Waals surface area contributed by atoms with E-state index in [0.29, 0.717) is 59.0 Å². The van der Waals surface area contributed by atoms with Gasteiger partial charge in [0.05, 0.1) is 12.4 Å². The third kappa shape index (κ3) is 8.92. The molecule has 0 atom stereocenters. The number of hydrogen-bond acceptors (Lipinski definition) is 6. The van der Waals surface area contributed by atoms with E-state index in [1.165, 1.54) is 0 Å². The van der Waals surface area contributed by atoms with Crippen LogP contribution in [0.4, 0.5) is 0 Å². The average Bonchev–Trinajstić information content (AvgIpc) is 3.32. The van der Waals surface area contributed by atoms with Crippen molar-refractivity contribution in [2.24, 2.45) is 0 Å². The summed E-state index contributed by atoms with van der Waals surface area (Å²) in [4.78, 5) is 0. The van der Waals surface area contributed by atoms with Crippen LogP contribution in [0.2, 0.25) is 0 Å². The molecule has 0 aliphatic carbocycles. The molecule has 2 aromatic rings. The smallest absolute Gasteiger partial charge is 0.210 e. The molecule has 2 heterocycles. The van der Waals surface area contributed by atoms with Gasteiger partial charge in [-0.25, -0.2) is 0 Å². The summed E-state index contributed by atoms with van der Waals surface area (Å²) in [6.45, 7) is 16.3.